The lowest BCUT2D eigenvalue weighted by atomic mass is 10.1. The second-order valence-electron chi connectivity index (χ2n) is 4.38. The molecule has 1 unspecified atom stereocenters. The van der Waals surface area contributed by atoms with Crippen molar-refractivity contribution in [3.63, 3.8) is 0 Å². The van der Waals surface area contributed by atoms with E-state index < -0.39 is 11.9 Å². The zero-order valence-electron chi connectivity index (χ0n) is 11.1. The lowest BCUT2D eigenvalue weighted by Gasteiger charge is -2.13. The molecule has 0 spiro atoms. The first kappa shape index (κ1) is 14.7. The number of amides is 1. The molecule has 3 nitrogen and oxygen atoms in total. The average molecular weight is 293 g/mol. The van der Waals surface area contributed by atoms with Crippen molar-refractivity contribution in [2.75, 3.05) is 6.54 Å². The fraction of sp³-hybridized carbons (Fsp3) is 0.267. The maximum atomic E-state index is 13.5. The molecule has 2 N–H and O–H groups in total. The predicted octanol–water partition coefficient (Wildman–Crippen LogP) is 2.91. The van der Waals surface area contributed by atoms with Gasteiger partial charge in [0.25, 0.3) is 5.91 Å². The molecule has 2 rings (SSSR count). The van der Waals surface area contributed by atoms with Gasteiger partial charge >= 0.3 is 0 Å². The van der Waals surface area contributed by atoms with Gasteiger partial charge in [0.1, 0.15) is 5.82 Å². The number of nitrogens with one attached hydrogen (secondary N) is 1. The normalized spacial score (nSPS) is 12.2. The van der Waals surface area contributed by atoms with Crippen molar-refractivity contribution in [2.24, 2.45) is 0 Å². The first-order chi connectivity index (χ1) is 9.63. The Balaban J connectivity index is 1.99. The summed E-state index contributed by atoms with van der Waals surface area (Å²) in [7, 11) is 0. The molecule has 0 saturated heterocycles. The molecule has 1 amide bonds. The number of halogens is 1. The van der Waals surface area contributed by atoms with Gasteiger partial charge in [0, 0.05) is 12.1 Å². The summed E-state index contributed by atoms with van der Waals surface area (Å²) in [5, 5.41) is 14.4. The van der Waals surface area contributed by atoms with Crippen LogP contribution in [0.2, 0.25) is 0 Å². The van der Waals surface area contributed by atoms with Crippen LogP contribution >= 0.6 is 11.3 Å². The van der Waals surface area contributed by atoms with Crippen LogP contribution in [0.25, 0.3) is 0 Å². The van der Waals surface area contributed by atoms with E-state index in [-0.39, 0.29) is 18.0 Å². The van der Waals surface area contributed by atoms with Gasteiger partial charge in [-0.1, -0.05) is 25.1 Å². The first-order valence-corrected chi connectivity index (χ1v) is 7.28. The van der Waals surface area contributed by atoms with E-state index in [1.54, 1.807) is 12.1 Å². The Morgan fingerprint density at radius 3 is 2.85 bits per heavy atom. The molecule has 0 aliphatic heterocycles. The van der Waals surface area contributed by atoms with Crippen molar-refractivity contribution in [3.8, 4) is 0 Å². The standard InChI is InChI=1S/C15H16FNO2S/c1-2-10-7-8-20-14(10)15(19)17-9-13(18)11-5-3-4-6-12(11)16/h3-8,13,18H,2,9H2,1H3,(H,17,19). The number of carbonyl (C=O) groups excluding carboxylic acids is 1. The Morgan fingerprint density at radius 1 is 1.40 bits per heavy atom. The van der Waals surface area contributed by atoms with Gasteiger partial charge in [-0.25, -0.2) is 4.39 Å². The molecule has 0 fully saturated rings. The second kappa shape index (κ2) is 6.63. The molecule has 0 saturated carbocycles. The van der Waals surface area contributed by atoms with Crippen LogP contribution in [0.1, 0.15) is 33.8 Å². The number of aryl methyl sites for hydroxylation is 1. The van der Waals surface area contributed by atoms with Crippen LogP contribution in [0.3, 0.4) is 0 Å². The molecule has 0 bridgehead atoms. The zero-order chi connectivity index (χ0) is 14.5. The molecular weight excluding hydrogens is 277 g/mol. The van der Waals surface area contributed by atoms with Crippen LogP contribution in [0.4, 0.5) is 4.39 Å². The van der Waals surface area contributed by atoms with Crippen molar-refractivity contribution < 1.29 is 14.3 Å². The number of carbonyl (C=O) groups is 1. The molecule has 5 heteroatoms. The van der Waals surface area contributed by atoms with Gasteiger partial charge in [-0.2, -0.15) is 0 Å². The average Bonchev–Trinajstić information content (AvgIpc) is 2.93. The minimum absolute atomic E-state index is 0.0131. The van der Waals surface area contributed by atoms with Crippen molar-refractivity contribution in [2.45, 2.75) is 19.4 Å². The second-order valence-corrected chi connectivity index (χ2v) is 5.29. The van der Waals surface area contributed by atoms with Crippen LogP contribution in [-0.4, -0.2) is 17.6 Å². The lowest BCUT2D eigenvalue weighted by Crippen LogP contribution is -2.28. The third-order valence-electron chi connectivity index (χ3n) is 3.05. The monoisotopic (exact) mass is 293 g/mol. The van der Waals surface area contributed by atoms with E-state index in [0.29, 0.717) is 4.88 Å². The van der Waals surface area contributed by atoms with Crippen LogP contribution < -0.4 is 5.32 Å². The van der Waals surface area contributed by atoms with Gasteiger partial charge in [0.05, 0.1) is 11.0 Å². The highest BCUT2D eigenvalue weighted by Gasteiger charge is 2.16. The summed E-state index contributed by atoms with van der Waals surface area (Å²) in [4.78, 5) is 12.6. The van der Waals surface area contributed by atoms with Crippen LogP contribution in [-0.2, 0) is 6.42 Å². The Kier molecular flexibility index (Phi) is 4.87. The Labute approximate surface area is 121 Å². The predicted molar refractivity (Wildman–Crippen MR) is 77.4 cm³/mol. The van der Waals surface area contributed by atoms with Gasteiger partial charge in [-0.3, -0.25) is 4.79 Å². The summed E-state index contributed by atoms with van der Waals surface area (Å²) >= 11 is 1.37. The third kappa shape index (κ3) is 3.23. The third-order valence-corrected chi connectivity index (χ3v) is 4.01. The highest BCUT2D eigenvalue weighted by atomic mass is 32.1. The van der Waals surface area contributed by atoms with Gasteiger partial charge < -0.3 is 10.4 Å². The van der Waals surface area contributed by atoms with Crippen molar-refractivity contribution in [3.05, 3.63) is 57.5 Å². The van der Waals surface area contributed by atoms with E-state index in [0.717, 1.165) is 12.0 Å². The Bertz CT molecular complexity index is 597. The number of aliphatic hydroxyl groups excluding tert-OH is 1. The topological polar surface area (TPSA) is 49.3 Å². The summed E-state index contributed by atoms with van der Waals surface area (Å²) in [5.41, 5.74) is 1.17. The highest BCUT2D eigenvalue weighted by molar-refractivity contribution is 7.12. The van der Waals surface area contributed by atoms with E-state index in [4.69, 9.17) is 0 Å². The minimum atomic E-state index is -1.05. The quantitative estimate of drug-likeness (QED) is 0.890. The molecule has 0 aliphatic rings. The maximum absolute atomic E-state index is 13.5. The first-order valence-electron chi connectivity index (χ1n) is 6.40. The molecule has 0 aliphatic carbocycles. The lowest BCUT2D eigenvalue weighted by molar-refractivity contribution is 0.0917. The molecular formula is C15H16FNO2S. The number of hydrogen-bond donors (Lipinski definition) is 2. The number of hydrogen-bond acceptors (Lipinski definition) is 3. The number of thiophene rings is 1. The van der Waals surface area contributed by atoms with Crippen LogP contribution in [0.5, 0.6) is 0 Å². The largest absolute Gasteiger partial charge is 0.386 e. The molecule has 1 atom stereocenters. The maximum Gasteiger partial charge on any atom is 0.261 e. The fourth-order valence-corrected chi connectivity index (χ4v) is 2.85. The van der Waals surface area contributed by atoms with Crippen molar-refractivity contribution >= 4 is 17.2 Å². The molecule has 2 aromatic rings. The molecule has 1 heterocycles. The highest BCUT2D eigenvalue weighted by Crippen LogP contribution is 2.18. The van der Waals surface area contributed by atoms with E-state index in [1.165, 1.54) is 23.5 Å². The molecule has 20 heavy (non-hydrogen) atoms. The number of aliphatic hydroxyl groups is 1. The van der Waals surface area contributed by atoms with Crippen LogP contribution in [0.15, 0.2) is 35.7 Å². The smallest absolute Gasteiger partial charge is 0.261 e. The number of rotatable bonds is 5. The Hall–Kier alpha value is -1.72. The molecule has 1 aromatic heterocycles. The fourth-order valence-electron chi connectivity index (χ4n) is 1.94. The van der Waals surface area contributed by atoms with E-state index in [1.807, 2.05) is 18.4 Å². The van der Waals surface area contributed by atoms with Gasteiger partial charge in [-0.05, 0) is 29.5 Å². The minimum Gasteiger partial charge on any atom is -0.386 e. The molecule has 0 radical (unpaired) electrons. The summed E-state index contributed by atoms with van der Waals surface area (Å²) < 4.78 is 13.5. The Morgan fingerprint density at radius 2 is 2.15 bits per heavy atom. The summed E-state index contributed by atoms with van der Waals surface area (Å²) in [6, 6.07) is 7.91. The summed E-state index contributed by atoms with van der Waals surface area (Å²) in [6.45, 7) is 1.97. The molecule has 1 aromatic carbocycles. The summed E-state index contributed by atoms with van der Waals surface area (Å²) in [5.74, 6) is -0.702. The van der Waals surface area contributed by atoms with E-state index in [9.17, 15) is 14.3 Å². The van der Waals surface area contributed by atoms with E-state index >= 15 is 0 Å². The number of benzene rings is 1. The summed E-state index contributed by atoms with van der Waals surface area (Å²) in [6.07, 6.45) is -0.271. The van der Waals surface area contributed by atoms with Gasteiger partial charge in [0.15, 0.2) is 0 Å². The van der Waals surface area contributed by atoms with Gasteiger partial charge in [-0.15, -0.1) is 11.3 Å². The van der Waals surface area contributed by atoms with Crippen molar-refractivity contribution in [1.82, 2.24) is 5.32 Å². The molecule has 106 valence electrons. The van der Waals surface area contributed by atoms with Gasteiger partial charge in [0.2, 0.25) is 0 Å². The zero-order valence-corrected chi connectivity index (χ0v) is 11.9. The van der Waals surface area contributed by atoms with Crippen molar-refractivity contribution in [1.29, 1.82) is 0 Å². The van der Waals surface area contributed by atoms with Crippen LogP contribution in [0, 0.1) is 5.82 Å². The SMILES string of the molecule is CCc1ccsc1C(=O)NCC(O)c1ccccc1F. The van der Waals surface area contributed by atoms with E-state index in [2.05, 4.69) is 5.32 Å².